The predicted octanol–water partition coefficient (Wildman–Crippen LogP) is 2.83. The van der Waals surface area contributed by atoms with Gasteiger partial charge < -0.3 is 10.1 Å². The summed E-state index contributed by atoms with van der Waals surface area (Å²) < 4.78 is 18.7. The number of hydrogen-bond donors (Lipinski definition) is 1. The van der Waals surface area contributed by atoms with Crippen LogP contribution in [0.5, 0.6) is 5.75 Å². The molecular weight excluding hydrogens is 257 g/mol. The van der Waals surface area contributed by atoms with Gasteiger partial charge in [0, 0.05) is 11.9 Å². The molecule has 0 aliphatic carbocycles. The molecule has 0 radical (unpaired) electrons. The molecule has 1 aromatic carbocycles. The number of alkyl halides is 1. The largest absolute Gasteiger partial charge is 0.496 e. The maximum atomic E-state index is 13.7. The average molecular weight is 274 g/mol. The molecule has 0 fully saturated rings. The lowest BCUT2D eigenvalue weighted by molar-refractivity contribution is 0.0923. The Labute approximate surface area is 111 Å². The summed E-state index contributed by atoms with van der Waals surface area (Å²) in [6, 6.07) is 4.06. The summed E-state index contributed by atoms with van der Waals surface area (Å²) in [7, 11) is 1.40. The van der Waals surface area contributed by atoms with Gasteiger partial charge in [-0.3, -0.25) is 4.79 Å². The van der Waals surface area contributed by atoms with Crippen molar-refractivity contribution in [2.24, 2.45) is 5.92 Å². The van der Waals surface area contributed by atoms with Crippen LogP contribution in [-0.4, -0.2) is 24.9 Å². The van der Waals surface area contributed by atoms with Crippen LogP contribution in [0.3, 0.4) is 0 Å². The highest BCUT2D eigenvalue weighted by Crippen LogP contribution is 2.21. The van der Waals surface area contributed by atoms with Crippen LogP contribution in [0.1, 0.15) is 24.2 Å². The zero-order valence-corrected chi connectivity index (χ0v) is 11.4. The highest BCUT2D eigenvalue weighted by Gasteiger charge is 2.21. The Kier molecular flexibility index (Phi) is 5.41. The third-order valence-corrected chi connectivity index (χ3v) is 3.04. The molecule has 1 rings (SSSR count). The molecule has 0 saturated heterocycles. The minimum absolute atomic E-state index is 0.0873. The fourth-order valence-electron chi connectivity index (χ4n) is 1.52. The highest BCUT2D eigenvalue weighted by atomic mass is 35.5. The van der Waals surface area contributed by atoms with E-state index in [-0.39, 0.29) is 29.2 Å². The van der Waals surface area contributed by atoms with Gasteiger partial charge in [-0.25, -0.2) is 4.39 Å². The zero-order valence-electron chi connectivity index (χ0n) is 10.7. The Bertz CT molecular complexity index is 423. The summed E-state index contributed by atoms with van der Waals surface area (Å²) in [5, 5.41) is 2.71. The van der Waals surface area contributed by atoms with E-state index < -0.39 is 11.7 Å². The molecule has 1 atom stereocenters. The van der Waals surface area contributed by atoms with E-state index in [1.54, 1.807) is 6.07 Å². The van der Waals surface area contributed by atoms with Crippen LogP contribution in [0.25, 0.3) is 0 Å². The minimum atomic E-state index is -0.607. The lowest BCUT2D eigenvalue weighted by Crippen LogP contribution is -2.40. The molecule has 3 nitrogen and oxygen atoms in total. The van der Waals surface area contributed by atoms with Crippen LogP contribution >= 0.6 is 11.6 Å². The number of benzene rings is 1. The molecule has 0 aliphatic rings. The van der Waals surface area contributed by atoms with Crippen LogP contribution < -0.4 is 10.1 Å². The normalized spacial score (nSPS) is 12.3. The van der Waals surface area contributed by atoms with Gasteiger partial charge in [-0.15, -0.1) is 11.6 Å². The van der Waals surface area contributed by atoms with Gasteiger partial charge >= 0.3 is 0 Å². The number of methoxy groups -OCH3 is 1. The molecule has 5 heteroatoms. The molecule has 1 N–H and O–H groups in total. The summed E-state index contributed by atoms with van der Waals surface area (Å²) >= 11 is 5.77. The van der Waals surface area contributed by atoms with E-state index in [4.69, 9.17) is 16.3 Å². The Morgan fingerprint density at radius 1 is 1.50 bits per heavy atom. The summed E-state index contributed by atoms with van der Waals surface area (Å²) in [5.41, 5.74) is -0.0873. The van der Waals surface area contributed by atoms with E-state index in [1.165, 1.54) is 19.2 Å². The summed E-state index contributed by atoms with van der Waals surface area (Å²) in [4.78, 5) is 12.0. The van der Waals surface area contributed by atoms with Gasteiger partial charge in [0.1, 0.15) is 17.1 Å². The number of halogens is 2. The van der Waals surface area contributed by atoms with Crippen LogP contribution in [0.2, 0.25) is 0 Å². The van der Waals surface area contributed by atoms with Gasteiger partial charge in [-0.2, -0.15) is 0 Å². The number of amides is 1. The molecule has 0 aliphatic heterocycles. The van der Waals surface area contributed by atoms with Gasteiger partial charge in [0.05, 0.1) is 7.11 Å². The van der Waals surface area contributed by atoms with Gasteiger partial charge in [-0.05, 0) is 18.1 Å². The second-order valence-corrected chi connectivity index (χ2v) is 4.60. The molecule has 0 saturated carbocycles. The fourth-order valence-corrected chi connectivity index (χ4v) is 1.95. The first-order chi connectivity index (χ1) is 8.51. The van der Waals surface area contributed by atoms with Crippen molar-refractivity contribution in [3.8, 4) is 5.75 Å². The van der Waals surface area contributed by atoms with Crippen molar-refractivity contribution in [2.45, 2.75) is 19.9 Å². The number of hydrogen-bond acceptors (Lipinski definition) is 2. The topological polar surface area (TPSA) is 38.3 Å². The molecule has 1 amide bonds. The maximum Gasteiger partial charge on any atom is 0.258 e. The SMILES string of the molecule is COc1cccc(F)c1C(=O)NC(CCl)C(C)C. The highest BCUT2D eigenvalue weighted by molar-refractivity contribution is 6.18. The smallest absolute Gasteiger partial charge is 0.258 e. The van der Waals surface area contributed by atoms with E-state index >= 15 is 0 Å². The van der Waals surface area contributed by atoms with Gasteiger partial charge in [-0.1, -0.05) is 19.9 Å². The molecule has 18 heavy (non-hydrogen) atoms. The number of ether oxygens (including phenoxy) is 1. The summed E-state index contributed by atoms with van der Waals surface area (Å²) in [6.45, 7) is 3.87. The van der Waals surface area contributed by atoms with E-state index in [1.807, 2.05) is 13.8 Å². The molecule has 0 heterocycles. The molecule has 0 bridgehead atoms. The Morgan fingerprint density at radius 3 is 2.67 bits per heavy atom. The third-order valence-electron chi connectivity index (χ3n) is 2.71. The van der Waals surface area contributed by atoms with E-state index in [2.05, 4.69) is 5.32 Å². The fraction of sp³-hybridized carbons (Fsp3) is 0.462. The van der Waals surface area contributed by atoms with Crippen molar-refractivity contribution < 1.29 is 13.9 Å². The van der Waals surface area contributed by atoms with Crippen molar-refractivity contribution in [2.75, 3.05) is 13.0 Å². The standard InChI is InChI=1S/C13H17ClFNO2/c1-8(2)10(7-14)16-13(17)12-9(15)5-4-6-11(12)18-3/h4-6,8,10H,7H2,1-3H3,(H,16,17). The molecule has 1 aromatic rings. The van der Waals surface area contributed by atoms with Crippen LogP contribution in [-0.2, 0) is 0 Å². The minimum Gasteiger partial charge on any atom is -0.496 e. The summed E-state index contributed by atoms with van der Waals surface area (Å²) in [6.07, 6.45) is 0. The second kappa shape index (κ2) is 6.59. The van der Waals surface area contributed by atoms with Gasteiger partial charge in [0.25, 0.3) is 5.91 Å². The van der Waals surface area contributed by atoms with Crippen molar-refractivity contribution in [1.82, 2.24) is 5.32 Å². The van der Waals surface area contributed by atoms with Crippen LogP contribution in [0.15, 0.2) is 18.2 Å². The lowest BCUT2D eigenvalue weighted by atomic mass is 10.1. The quantitative estimate of drug-likeness (QED) is 0.838. The lowest BCUT2D eigenvalue weighted by Gasteiger charge is -2.20. The van der Waals surface area contributed by atoms with E-state index in [9.17, 15) is 9.18 Å². The maximum absolute atomic E-state index is 13.7. The molecule has 1 unspecified atom stereocenters. The molecule has 0 aromatic heterocycles. The molecule has 100 valence electrons. The number of nitrogens with one attached hydrogen (secondary N) is 1. The Hall–Kier alpha value is -1.29. The predicted molar refractivity (Wildman–Crippen MR) is 69.8 cm³/mol. The van der Waals surface area contributed by atoms with Crippen LogP contribution in [0, 0.1) is 11.7 Å². The Morgan fingerprint density at radius 2 is 2.17 bits per heavy atom. The van der Waals surface area contributed by atoms with E-state index in [0.717, 1.165) is 0 Å². The second-order valence-electron chi connectivity index (χ2n) is 4.30. The monoisotopic (exact) mass is 273 g/mol. The molecular formula is C13H17ClFNO2. The van der Waals surface area contributed by atoms with E-state index in [0.29, 0.717) is 0 Å². The number of carbonyl (C=O) groups is 1. The van der Waals surface area contributed by atoms with Gasteiger partial charge in [0.15, 0.2) is 0 Å². The first kappa shape index (κ1) is 14.8. The zero-order chi connectivity index (χ0) is 13.7. The first-order valence-corrected chi connectivity index (χ1v) is 6.24. The average Bonchev–Trinajstić information content (AvgIpc) is 2.34. The third kappa shape index (κ3) is 3.35. The van der Waals surface area contributed by atoms with Gasteiger partial charge in [0.2, 0.25) is 0 Å². The number of carbonyl (C=O) groups excluding carboxylic acids is 1. The summed E-state index contributed by atoms with van der Waals surface area (Å²) in [5.74, 6) is -0.456. The number of rotatable bonds is 5. The molecule has 0 spiro atoms. The first-order valence-electron chi connectivity index (χ1n) is 5.70. The van der Waals surface area contributed by atoms with Crippen molar-refractivity contribution >= 4 is 17.5 Å². The van der Waals surface area contributed by atoms with Crippen LogP contribution in [0.4, 0.5) is 4.39 Å². The van der Waals surface area contributed by atoms with Crippen molar-refractivity contribution in [3.05, 3.63) is 29.6 Å². The Balaban J connectivity index is 2.97. The van der Waals surface area contributed by atoms with Crippen molar-refractivity contribution in [3.63, 3.8) is 0 Å². The van der Waals surface area contributed by atoms with Crippen molar-refractivity contribution in [1.29, 1.82) is 0 Å².